The second kappa shape index (κ2) is 5.97. The van der Waals surface area contributed by atoms with Gasteiger partial charge in [-0.3, -0.25) is 0 Å². The first-order valence-corrected chi connectivity index (χ1v) is 7.03. The normalized spacial score (nSPS) is 10.4. The lowest BCUT2D eigenvalue weighted by molar-refractivity contribution is 0.351. The van der Waals surface area contributed by atoms with Crippen LogP contribution in [0.2, 0.25) is 0 Å². The summed E-state index contributed by atoms with van der Waals surface area (Å²) >= 11 is 3.41. The number of halogens is 1. The van der Waals surface area contributed by atoms with Crippen LogP contribution in [0.4, 0.5) is 0 Å². The van der Waals surface area contributed by atoms with Gasteiger partial charge in [0.25, 0.3) is 0 Å². The third-order valence-corrected chi connectivity index (χ3v) is 3.34. The molecule has 0 aromatic heterocycles. The van der Waals surface area contributed by atoms with Gasteiger partial charge in [0.2, 0.25) is 5.75 Å². The number of methoxy groups -OCH3 is 1. The topological polar surface area (TPSA) is 49.7 Å². The zero-order chi connectivity index (χ0) is 13.8. The second-order valence-corrected chi connectivity index (χ2v) is 4.98. The van der Waals surface area contributed by atoms with Crippen molar-refractivity contribution >= 4 is 15.9 Å². The molecule has 2 rings (SSSR count). The van der Waals surface area contributed by atoms with Crippen LogP contribution in [0.15, 0.2) is 36.4 Å². The molecule has 0 aliphatic heterocycles. The molecule has 0 aliphatic rings. The molecule has 0 saturated heterocycles. The van der Waals surface area contributed by atoms with Gasteiger partial charge in [0.15, 0.2) is 11.5 Å². The van der Waals surface area contributed by atoms with E-state index in [4.69, 9.17) is 4.74 Å². The van der Waals surface area contributed by atoms with Crippen LogP contribution < -0.4 is 4.74 Å². The van der Waals surface area contributed by atoms with E-state index >= 15 is 0 Å². The number of benzene rings is 2. The van der Waals surface area contributed by atoms with E-state index in [9.17, 15) is 10.2 Å². The van der Waals surface area contributed by atoms with Crippen molar-refractivity contribution in [2.24, 2.45) is 0 Å². The highest BCUT2D eigenvalue weighted by molar-refractivity contribution is 9.09. The van der Waals surface area contributed by atoms with Gasteiger partial charge in [-0.2, -0.15) is 0 Å². The van der Waals surface area contributed by atoms with Crippen LogP contribution in [0.5, 0.6) is 17.2 Å². The fourth-order valence-electron chi connectivity index (χ4n) is 1.89. The minimum absolute atomic E-state index is 0.182. The van der Waals surface area contributed by atoms with Crippen LogP contribution >= 0.6 is 15.9 Å². The second-order valence-electron chi connectivity index (χ2n) is 4.18. The van der Waals surface area contributed by atoms with Crippen LogP contribution in [0.25, 0.3) is 11.1 Å². The summed E-state index contributed by atoms with van der Waals surface area (Å²) in [6.45, 7) is 0. The summed E-state index contributed by atoms with van der Waals surface area (Å²) in [5, 5.41) is 20.2. The summed E-state index contributed by atoms with van der Waals surface area (Å²) in [5.74, 6) is -0.152. The predicted molar refractivity (Wildman–Crippen MR) is 79.3 cm³/mol. The fraction of sp³-hybridized carbons (Fsp3) is 0.200. The number of phenolic OH excluding ortho intramolecular Hbond substituents is 2. The van der Waals surface area contributed by atoms with Crippen molar-refractivity contribution in [2.45, 2.75) is 6.42 Å². The summed E-state index contributed by atoms with van der Waals surface area (Å²) in [6, 6.07) is 11.3. The number of phenols is 2. The van der Waals surface area contributed by atoms with Crippen LogP contribution in [-0.4, -0.2) is 22.7 Å². The number of ether oxygens (including phenoxy) is 1. The number of hydrogen-bond donors (Lipinski definition) is 2. The van der Waals surface area contributed by atoms with Gasteiger partial charge in [0.05, 0.1) is 7.11 Å². The minimum Gasteiger partial charge on any atom is -0.504 e. The van der Waals surface area contributed by atoms with Crippen LogP contribution in [-0.2, 0) is 6.42 Å². The highest BCUT2D eigenvalue weighted by atomic mass is 79.9. The lowest BCUT2D eigenvalue weighted by Gasteiger charge is -2.09. The Labute approximate surface area is 120 Å². The molecule has 0 fully saturated rings. The Bertz CT molecular complexity index is 564. The maximum Gasteiger partial charge on any atom is 0.200 e. The highest BCUT2D eigenvalue weighted by Gasteiger charge is 2.10. The fourth-order valence-corrected chi connectivity index (χ4v) is 2.35. The molecular weight excluding hydrogens is 308 g/mol. The Morgan fingerprint density at radius 1 is 1.05 bits per heavy atom. The van der Waals surface area contributed by atoms with E-state index < -0.39 is 0 Å². The van der Waals surface area contributed by atoms with E-state index in [1.165, 1.54) is 18.7 Å². The van der Waals surface area contributed by atoms with Gasteiger partial charge < -0.3 is 14.9 Å². The zero-order valence-corrected chi connectivity index (χ0v) is 12.1. The Balaban J connectivity index is 2.38. The third kappa shape index (κ3) is 3.01. The average Bonchev–Trinajstić information content (AvgIpc) is 2.43. The molecule has 2 aromatic rings. The molecule has 0 saturated carbocycles. The Kier molecular flexibility index (Phi) is 4.32. The maximum absolute atomic E-state index is 9.68. The summed E-state index contributed by atoms with van der Waals surface area (Å²) in [5.41, 5.74) is 3.01. The smallest absolute Gasteiger partial charge is 0.200 e. The van der Waals surface area contributed by atoms with Gasteiger partial charge in [-0.1, -0.05) is 40.2 Å². The number of alkyl halides is 1. The molecule has 4 heteroatoms. The zero-order valence-electron chi connectivity index (χ0n) is 10.6. The molecule has 0 amide bonds. The van der Waals surface area contributed by atoms with Crippen LogP contribution in [0.3, 0.4) is 0 Å². The summed E-state index contributed by atoms with van der Waals surface area (Å²) < 4.78 is 5.03. The molecule has 0 radical (unpaired) electrons. The molecule has 3 nitrogen and oxygen atoms in total. The van der Waals surface area contributed by atoms with E-state index in [2.05, 4.69) is 15.9 Å². The van der Waals surface area contributed by atoms with E-state index in [1.54, 1.807) is 6.07 Å². The van der Waals surface area contributed by atoms with Crippen molar-refractivity contribution in [3.63, 3.8) is 0 Å². The van der Waals surface area contributed by atoms with E-state index in [-0.39, 0.29) is 17.2 Å². The van der Waals surface area contributed by atoms with Crippen molar-refractivity contribution in [1.29, 1.82) is 0 Å². The average molecular weight is 323 g/mol. The number of aryl methyl sites for hydroxylation is 1. The van der Waals surface area contributed by atoms with E-state index in [1.807, 2.05) is 24.3 Å². The standard InChI is InChI=1S/C15H15BrO3/c1-19-14-9-12(8-13(17)15(14)18)11-4-2-10(3-5-11)6-7-16/h2-5,8-9,17-18H,6-7H2,1H3. The SMILES string of the molecule is COc1cc(-c2ccc(CCBr)cc2)cc(O)c1O. The van der Waals surface area contributed by atoms with Crippen molar-refractivity contribution < 1.29 is 14.9 Å². The van der Waals surface area contributed by atoms with Gasteiger partial charge in [0, 0.05) is 5.33 Å². The molecule has 0 heterocycles. The lowest BCUT2D eigenvalue weighted by Crippen LogP contribution is -1.88. The molecule has 0 bridgehead atoms. The molecule has 0 atom stereocenters. The Hall–Kier alpha value is -1.68. The molecule has 2 aromatic carbocycles. The monoisotopic (exact) mass is 322 g/mol. The van der Waals surface area contributed by atoms with Gasteiger partial charge in [-0.05, 0) is 35.2 Å². The predicted octanol–water partition coefficient (Wildman–Crippen LogP) is 3.71. The molecule has 0 spiro atoms. The first kappa shape index (κ1) is 13.7. The van der Waals surface area contributed by atoms with Gasteiger partial charge in [0.1, 0.15) is 0 Å². The lowest BCUT2D eigenvalue weighted by atomic mass is 10.0. The molecular formula is C15H15BrO3. The van der Waals surface area contributed by atoms with Gasteiger partial charge >= 0.3 is 0 Å². The molecule has 0 aliphatic carbocycles. The van der Waals surface area contributed by atoms with Crippen LogP contribution in [0.1, 0.15) is 5.56 Å². The molecule has 19 heavy (non-hydrogen) atoms. The van der Waals surface area contributed by atoms with E-state index in [0.29, 0.717) is 0 Å². The number of aromatic hydroxyl groups is 2. The van der Waals surface area contributed by atoms with Gasteiger partial charge in [-0.25, -0.2) is 0 Å². The summed E-state index contributed by atoms with van der Waals surface area (Å²) in [7, 11) is 1.46. The molecule has 100 valence electrons. The summed E-state index contributed by atoms with van der Waals surface area (Å²) in [6.07, 6.45) is 0.977. The number of hydrogen-bond acceptors (Lipinski definition) is 3. The molecule has 2 N–H and O–H groups in total. The van der Waals surface area contributed by atoms with Gasteiger partial charge in [-0.15, -0.1) is 0 Å². The van der Waals surface area contributed by atoms with Crippen molar-refractivity contribution in [1.82, 2.24) is 0 Å². The van der Waals surface area contributed by atoms with Crippen LogP contribution in [0, 0.1) is 0 Å². The maximum atomic E-state index is 9.68. The molecule has 0 unspecified atom stereocenters. The first-order valence-electron chi connectivity index (χ1n) is 5.91. The quantitative estimate of drug-likeness (QED) is 0.666. The highest BCUT2D eigenvalue weighted by Crippen LogP contribution is 2.39. The minimum atomic E-state index is -0.234. The summed E-state index contributed by atoms with van der Waals surface area (Å²) in [4.78, 5) is 0. The van der Waals surface area contributed by atoms with Crippen molar-refractivity contribution in [3.8, 4) is 28.4 Å². The Morgan fingerprint density at radius 3 is 2.32 bits per heavy atom. The third-order valence-electron chi connectivity index (χ3n) is 2.95. The number of rotatable bonds is 4. The van der Waals surface area contributed by atoms with Crippen molar-refractivity contribution in [3.05, 3.63) is 42.0 Å². The van der Waals surface area contributed by atoms with E-state index in [0.717, 1.165) is 22.9 Å². The largest absolute Gasteiger partial charge is 0.504 e. The van der Waals surface area contributed by atoms with Crippen molar-refractivity contribution in [2.75, 3.05) is 12.4 Å². The Morgan fingerprint density at radius 2 is 1.74 bits per heavy atom. The first-order chi connectivity index (χ1) is 9.15.